The van der Waals surface area contributed by atoms with Gasteiger partial charge in [-0.2, -0.15) is 5.10 Å². The maximum Gasteiger partial charge on any atom is 0.249 e. The number of hydrogen-bond acceptors (Lipinski definition) is 3. The number of benzene rings is 1. The minimum Gasteiger partial charge on any atom is -0.383 e. The molecule has 0 aliphatic heterocycles. The molecule has 0 unspecified atom stereocenters. The molecule has 0 radical (unpaired) electrons. The predicted molar refractivity (Wildman–Crippen MR) is 85.6 cm³/mol. The first-order valence-electron chi connectivity index (χ1n) is 7.49. The number of aryl methyl sites for hydroxylation is 1. The van der Waals surface area contributed by atoms with Crippen LogP contribution in [0.25, 0.3) is 0 Å². The number of nitrogens with zero attached hydrogens (tertiary/aromatic N) is 2. The quantitative estimate of drug-likeness (QED) is 0.850. The van der Waals surface area contributed by atoms with Gasteiger partial charge in [0.2, 0.25) is 5.91 Å². The van der Waals surface area contributed by atoms with Crippen LogP contribution in [0.5, 0.6) is 0 Å². The Labute approximate surface area is 131 Å². The van der Waals surface area contributed by atoms with E-state index in [1.54, 1.807) is 0 Å². The van der Waals surface area contributed by atoms with Gasteiger partial charge >= 0.3 is 0 Å². The molecule has 0 saturated heterocycles. The van der Waals surface area contributed by atoms with Gasteiger partial charge in [0.05, 0.1) is 12.2 Å². The van der Waals surface area contributed by atoms with Gasteiger partial charge in [0, 0.05) is 18.7 Å². The molecule has 2 aromatic rings. The second-order valence-corrected chi connectivity index (χ2v) is 5.52. The average Bonchev–Trinajstić information content (AvgIpc) is 2.75. The van der Waals surface area contributed by atoms with E-state index in [9.17, 15) is 9.90 Å². The summed E-state index contributed by atoms with van der Waals surface area (Å²) in [5, 5.41) is 17.1. The minimum absolute atomic E-state index is 0.325. The molecule has 0 aliphatic rings. The molecular weight excluding hydrogens is 278 g/mol. The van der Waals surface area contributed by atoms with Crippen LogP contribution >= 0.6 is 0 Å². The standard InChI is InChI=1S/C17H23N3O2/c1-12-13(2)19-20(14(12)3)10-9-18-17(22)16(21)11-15-7-5-4-6-8-15/h4-8,16,21H,9-11H2,1-3H3,(H,18,22)/t16-/m0/s1. The summed E-state index contributed by atoms with van der Waals surface area (Å²) in [7, 11) is 0. The van der Waals surface area contributed by atoms with E-state index in [1.807, 2.05) is 55.8 Å². The van der Waals surface area contributed by atoms with Crippen LogP contribution in [0.1, 0.15) is 22.5 Å². The van der Waals surface area contributed by atoms with Gasteiger partial charge in [-0.3, -0.25) is 9.48 Å². The van der Waals surface area contributed by atoms with E-state index >= 15 is 0 Å². The van der Waals surface area contributed by atoms with E-state index < -0.39 is 6.10 Å². The molecule has 2 N–H and O–H groups in total. The van der Waals surface area contributed by atoms with Crippen LogP contribution in [-0.4, -0.2) is 33.4 Å². The number of aliphatic hydroxyl groups excluding tert-OH is 1. The van der Waals surface area contributed by atoms with E-state index in [2.05, 4.69) is 10.4 Å². The van der Waals surface area contributed by atoms with E-state index in [0.717, 1.165) is 17.0 Å². The molecule has 0 spiro atoms. The zero-order chi connectivity index (χ0) is 16.1. The van der Waals surface area contributed by atoms with Crippen molar-refractivity contribution in [1.29, 1.82) is 0 Å². The molecule has 0 fully saturated rings. The van der Waals surface area contributed by atoms with Gasteiger partial charge in [-0.1, -0.05) is 30.3 Å². The Morgan fingerprint density at radius 3 is 2.55 bits per heavy atom. The predicted octanol–water partition coefficient (Wildman–Crippen LogP) is 1.53. The number of carbonyl (C=O) groups excluding carboxylic acids is 1. The number of amides is 1. The summed E-state index contributed by atoms with van der Waals surface area (Å²) in [6.45, 7) is 7.08. The zero-order valence-electron chi connectivity index (χ0n) is 13.3. The number of aromatic nitrogens is 2. The Balaban J connectivity index is 1.81. The van der Waals surface area contributed by atoms with Crippen molar-refractivity contribution in [3.63, 3.8) is 0 Å². The summed E-state index contributed by atoms with van der Waals surface area (Å²) in [6.07, 6.45) is -0.698. The third kappa shape index (κ3) is 3.95. The van der Waals surface area contributed by atoms with E-state index in [0.29, 0.717) is 19.5 Å². The van der Waals surface area contributed by atoms with Crippen LogP contribution in [0.4, 0.5) is 0 Å². The van der Waals surface area contributed by atoms with E-state index in [-0.39, 0.29) is 5.91 Å². The molecule has 5 heteroatoms. The lowest BCUT2D eigenvalue weighted by Gasteiger charge is -2.12. The van der Waals surface area contributed by atoms with Crippen LogP contribution in [0.15, 0.2) is 30.3 Å². The van der Waals surface area contributed by atoms with Crippen LogP contribution in [0.2, 0.25) is 0 Å². The van der Waals surface area contributed by atoms with Crippen molar-refractivity contribution in [2.45, 2.75) is 39.8 Å². The minimum atomic E-state index is -1.02. The fourth-order valence-electron chi connectivity index (χ4n) is 2.34. The van der Waals surface area contributed by atoms with E-state index in [1.165, 1.54) is 5.56 Å². The molecule has 2 rings (SSSR count). The summed E-state index contributed by atoms with van der Waals surface area (Å²) in [5.41, 5.74) is 4.24. The molecule has 1 atom stereocenters. The summed E-state index contributed by atoms with van der Waals surface area (Å²) in [4.78, 5) is 11.9. The highest BCUT2D eigenvalue weighted by molar-refractivity contribution is 5.80. The summed E-state index contributed by atoms with van der Waals surface area (Å²) >= 11 is 0. The second-order valence-electron chi connectivity index (χ2n) is 5.52. The number of aliphatic hydroxyl groups is 1. The maximum atomic E-state index is 11.9. The van der Waals surface area contributed by atoms with Crippen molar-refractivity contribution in [2.24, 2.45) is 0 Å². The number of carbonyl (C=O) groups is 1. The highest BCUT2D eigenvalue weighted by atomic mass is 16.3. The lowest BCUT2D eigenvalue weighted by Crippen LogP contribution is -2.37. The molecule has 1 aromatic heterocycles. The first kappa shape index (κ1) is 16.2. The van der Waals surface area contributed by atoms with Crippen molar-refractivity contribution in [1.82, 2.24) is 15.1 Å². The fraction of sp³-hybridized carbons (Fsp3) is 0.412. The van der Waals surface area contributed by atoms with E-state index in [4.69, 9.17) is 0 Å². The molecule has 0 saturated carbocycles. The van der Waals surface area contributed by atoms with Gasteiger partial charge in [-0.15, -0.1) is 0 Å². The normalized spacial score (nSPS) is 12.2. The van der Waals surface area contributed by atoms with Crippen molar-refractivity contribution < 1.29 is 9.90 Å². The lowest BCUT2D eigenvalue weighted by atomic mass is 10.1. The molecule has 1 aromatic carbocycles. The van der Waals surface area contributed by atoms with Crippen molar-refractivity contribution in [3.8, 4) is 0 Å². The summed E-state index contributed by atoms with van der Waals surface area (Å²) in [5.74, 6) is -0.345. The highest BCUT2D eigenvalue weighted by Gasteiger charge is 2.15. The van der Waals surface area contributed by atoms with Gasteiger partial charge in [-0.05, 0) is 31.9 Å². The highest BCUT2D eigenvalue weighted by Crippen LogP contribution is 2.10. The van der Waals surface area contributed by atoms with Crippen molar-refractivity contribution >= 4 is 5.91 Å². The number of hydrogen-bond donors (Lipinski definition) is 2. The van der Waals surface area contributed by atoms with Crippen molar-refractivity contribution in [2.75, 3.05) is 6.54 Å². The largest absolute Gasteiger partial charge is 0.383 e. The first-order valence-corrected chi connectivity index (χ1v) is 7.49. The molecule has 0 aliphatic carbocycles. The van der Waals surface area contributed by atoms with Crippen LogP contribution < -0.4 is 5.32 Å². The second kappa shape index (κ2) is 7.22. The summed E-state index contributed by atoms with van der Waals surface area (Å²) in [6, 6.07) is 9.49. The number of nitrogens with one attached hydrogen (secondary N) is 1. The van der Waals surface area contributed by atoms with Crippen LogP contribution in [0.3, 0.4) is 0 Å². The third-order valence-corrected chi connectivity index (χ3v) is 3.94. The van der Waals surface area contributed by atoms with Gasteiger partial charge in [0.25, 0.3) is 0 Å². The monoisotopic (exact) mass is 301 g/mol. The molecule has 22 heavy (non-hydrogen) atoms. The lowest BCUT2D eigenvalue weighted by molar-refractivity contribution is -0.129. The molecule has 118 valence electrons. The van der Waals surface area contributed by atoms with Gasteiger partial charge in [0.15, 0.2) is 0 Å². The fourth-order valence-corrected chi connectivity index (χ4v) is 2.34. The SMILES string of the molecule is Cc1nn(CCNC(=O)[C@@H](O)Cc2ccccc2)c(C)c1C. The van der Waals surface area contributed by atoms with Crippen molar-refractivity contribution in [3.05, 3.63) is 52.8 Å². The molecule has 1 amide bonds. The van der Waals surface area contributed by atoms with Gasteiger partial charge < -0.3 is 10.4 Å². The number of rotatable bonds is 6. The van der Waals surface area contributed by atoms with Gasteiger partial charge in [-0.25, -0.2) is 0 Å². The third-order valence-electron chi connectivity index (χ3n) is 3.94. The molecule has 5 nitrogen and oxygen atoms in total. The Hall–Kier alpha value is -2.14. The maximum absolute atomic E-state index is 11.9. The van der Waals surface area contributed by atoms with Crippen LogP contribution in [-0.2, 0) is 17.8 Å². The summed E-state index contributed by atoms with van der Waals surface area (Å²) < 4.78 is 1.88. The smallest absolute Gasteiger partial charge is 0.249 e. The average molecular weight is 301 g/mol. The zero-order valence-corrected chi connectivity index (χ0v) is 13.3. The molecule has 1 heterocycles. The Morgan fingerprint density at radius 1 is 1.27 bits per heavy atom. The van der Waals surface area contributed by atoms with Crippen LogP contribution in [0, 0.1) is 20.8 Å². The Morgan fingerprint density at radius 2 is 1.95 bits per heavy atom. The topological polar surface area (TPSA) is 67.2 Å². The Kier molecular flexibility index (Phi) is 5.33. The molecule has 0 bridgehead atoms. The molecular formula is C17H23N3O2. The van der Waals surface area contributed by atoms with Gasteiger partial charge in [0.1, 0.15) is 6.10 Å². The Bertz CT molecular complexity index is 635. The first-order chi connectivity index (χ1) is 10.5.